The van der Waals surface area contributed by atoms with Crippen LogP contribution in [-0.4, -0.2) is 31.7 Å². The minimum atomic E-state index is -0.492. The molecule has 0 radical (unpaired) electrons. The molecule has 1 atom stereocenters. The van der Waals surface area contributed by atoms with Crippen LogP contribution in [0.2, 0.25) is 5.02 Å². The van der Waals surface area contributed by atoms with Crippen molar-refractivity contribution in [3.05, 3.63) is 28.8 Å². The normalized spacial score (nSPS) is 19.0. The zero-order chi connectivity index (χ0) is 13.0. The fraction of sp³-hybridized carbons (Fsp3) is 0.333. The van der Waals surface area contributed by atoms with Crippen molar-refractivity contribution in [1.82, 2.24) is 5.32 Å². The summed E-state index contributed by atoms with van der Waals surface area (Å²) in [5, 5.41) is 14.8. The number of nitriles is 1. The Morgan fingerprint density at radius 3 is 3.06 bits per heavy atom. The lowest BCUT2D eigenvalue weighted by atomic mass is 10.2. The van der Waals surface area contributed by atoms with Gasteiger partial charge in [0.2, 0.25) is 0 Å². The Labute approximate surface area is 110 Å². The molecule has 6 heteroatoms. The summed E-state index contributed by atoms with van der Waals surface area (Å²) in [5.41, 5.74) is 0.934. The summed E-state index contributed by atoms with van der Waals surface area (Å²) in [6.45, 7) is 1.77. The maximum Gasteiger partial charge on any atom is 0.254 e. The smallest absolute Gasteiger partial charge is 0.254 e. The summed E-state index contributed by atoms with van der Waals surface area (Å²) in [5.74, 6) is -0.219. The lowest BCUT2D eigenvalue weighted by Crippen LogP contribution is -2.45. The third-order valence-corrected chi connectivity index (χ3v) is 2.89. The fourth-order valence-electron chi connectivity index (χ4n) is 1.64. The monoisotopic (exact) mass is 265 g/mol. The van der Waals surface area contributed by atoms with E-state index in [-0.39, 0.29) is 5.91 Å². The predicted octanol–water partition coefficient (Wildman–Crippen LogP) is 1.14. The third kappa shape index (κ3) is 2.99. The number of nitrogens with one attached hydrogen (secondary N) is 2. The molecule has 1 amide bonds. The number of carbonyl (C=O) groups is 1. The SMILES string of the molecule is N#Cc1ccc(NC(=O)[C@H]2CNCCO2)cc1Cl. The molecule has 1 heterocycles. The summed E-state index contributed by atoms with van der Waals surface area (Å²) in [7, 11) is 0. The highest BCUT2D eigenvalue weighted by atomic mass is 35.5. The van der Waals surface area contributed by atoms with Crippen molar-refractivity contribution in [2.75, 3.05) is 25.0 Å². The molecule has 1 saturated heterocycles. The van der Waals surface area contributed by atoms with Gasteiger partial charge in [0.1, 0.15) is 12.2 Å². The standard InChI is InChI=1S/C12H12ClN3O2/c13-10-5-9(2-1-8(10)6-14)16-12(17)11-7-15-3-4-18-11/h1-2,5,11,15H,3-4,7H2,(H,16,17)/t11-/m1/s1. The van der Waals surface area contributed by atoms with Crippen molar-refractivity contribution < 1.29 is 9.53 Å². The van der Waals surface area contributed by atoms with Gasteiger partial charge in [-0.25, -0.2) is 0 Å². The highest BCUT2D eigenvalue weighted by Gasteiger charge is 2.21. The number of hydrogen-bond acceptors (Lipinski definition) is 4. The Bertz CT molecular complexity index is 493. The second-order valence-electron chi connectivity index (χ2n) is 3.86. The summed E-state index contributed by atoms with van der Waals surface area (Å²) >= 11 is 5.88. The Hall–Kier alpha value is -1.61. The molecule has 0 unspecified atom stereocenters. The molecule has 1 aromatic carbocycles. The number of nitrogens with zero attached hydrogens (tertiary/aromatic N) is 1. The highest BCUT2D eigenvalue weighted by Crippen LogP contribution is 2.20. The molecule has 0 aliphatic carbocycles. The molecule has 1 aliphatic rings. The van der Waals surface area contributed by atoms with Crippen molar-refractivity contribution in [2.24, 2.45) is 0 Å². The maximum atomic E-state index is 11.8. The zero-order valence-electron chi connectivity index (χ0n) is 9.57. The van der Waals surface area contributed by atoms with Gasteiger partial charge in [-0.3, -0.25) is 4.79 Å². The fourth-order valence-corrected chi connectivity index (χ4v) is 1.86. The summed E-state index contributed by atoms with van der Waals surface area (Å²) < 4.78 is 5.33. The molecule has 5 nitrogen and oxygen atoms in total. The van der Waals surface area contributed by atoms with Gasteiger partial charge < -0.3 is 15.4 Å². The van der Waals surface area contributed by atoms with Gasteiger partial charge >= 0.3 is 0 Å². The van der Waals surface area contributed by atoms with Gasteiger partial charge in [0.15, 0.2) is 0 Å². The minimum Gasteiger partial charge on any atom is -0.366 e. The van der Waals surface area contributed by atoms with Crippen LogP contribution in [0.1, 0.15) is 5.56 Å². The lowest BCUT2D eigenvalue weighted by molar-refractivity contribution is -0.128. The van der Waals surface area contributed by atoms with Crippen molar-refractivity contribution in [2.45, 2.75) is 6.10 Å². The average Bonchev–Trinajstić information content (AvgIpc) is 2.40. The van der Waals surface area contributed by atoms with Crippen molar-refractivity contribution >= 4 is 23.2 Å². The predicted molar refractivity (Wildman–Crippen MR) is 67.4 cm³/mol. The molecule has 94 valence electrons. The molecule has 1 aliphatic heterocycles. The molecular weight excluding hydrogens is 254 g/mol. The Morgan fingerprint density at radius 1 is 1.61 bits per heavy atom. The van der Waals surface area contributed by atoms with Gasteiger partial charge in [-0.1, -0.05) is 11.6 Å². The quantitative estimate of drug-likeness (QED) is 0.841. The Balaban J connectivity index is 2.02. The first kappa shape index (κ1) is 12.8. The molecule has 2 rings (SSSR count). The maximum absolute atomic E-state index is 11.8. The number of benzene rings is 1. The Morgan fingerprint density at radius 2 is 2.44 bits per heavy atom. The number of amides is 1. The van der Waals surface area contributed by atoms with Gasteiger partial charge in [0, 0.05) is 18.8 Å². The first-order valence-electron chi connectivity index (χ1n) is 5.53. The van der Waals surface area contributed by atoms with Crippen LogP contribution < -0.4 is 10.6 Å². The number of halogens is 1. The van der Waals surface area contributed by atoms with Crippen LogP contribution in [0.3, 0.4) is 0 Å². The molecule has 1 fully saturated rings. The second kappa shape index (κ2) is 5.83. The first-order chi connectivity index (χ1) is 8.70. The van der Waals surface area contributed by atoms with Crippen molar-refractivity contribution in [3.8, 4) is 6.07 Å². The number of rotatable bonds is 2. The Kier molecular flexibility index (Phi) is 4.15. The van der Waals surface area contributed by atoms with Gasteiger partial charge in [-0.15, -0.1) is 0 Å². The largest absolute Gasteiger partial charge is 0.366 e. The van der Waals surface area contributed by atoms with Crippen LogP contribution in [0.15, 0.2) is 18.2 Å². The topological polar surface area (TPSA) is 74.2 Å². The molecule has 0 spiro atoms. The number of anilines is 1. The molecule has 0 bridgehead atoms. The molecule has 1 aromatic rings. The molecular formula is C12H12ClN3O2. The van der Waals surface area contributed by atoms with Crippen LogP contribution in [0.25, 0.3) is 0 Å². The average molecular weight is 266 g/mol. The van der Waals surface area contributed by atoms with E-state index in [0.29, 0.717) is 29.4 Å². The van der Waals surface area contributed by atoms with E-state index in [1.165, 1.54) is 0 Å². The van der Waals surface area contributed by atoms with E-state index in [1.54, 1.807) is 18.2 Å². The van der Waals surface area contributed by atoms with Gasteiger partial charge in [-0.05, 0) is 18.2 Å². The van der Waals surface area contributed by atoms with Crippen LogP contribution in [0.4, 0.5) is 5.69 Å². The van der Waals surface area contributed by atoms with E-state index < -0.39 is 6.10 Å². The lowest BCUT2D eigenvalue weighted by Gasteiger charge is -2.22. The first-order valence-corrected chi connectivity index (χ1v) is 5.91. The summed E-state index contributed by atoms with van der Waals surface area (Å²) in [6.07, 6.45) is -0.492. The number of morpholine rings is 1. The van der Waals surface area contributed by atoms with Crippen LogP contribution in [0.5, 0.6) is 0 Å². The number of hydrogen-bond donors (Lipinski definition) is 2. The second-order valence-corrected chi connectivity index (χ2v) is 4.27. The minimum absolute atomic E-state index is 0.219. The van der Waals surface area contributed by atoms with Crippen LogP contribution >= 0.6 is 11.6 Å². The van der Waals surface area contributed by atoms with Gasteiger partial charge in [0.25, 0.3) is 5.91 Å². The van der Waals surface area contributed by atoms with E-state index in [9.17, 15) is 4.79 Å². The van der Waals surface area contributed by atoms with Crippen LogP contribution in [0, 0.1) is 11.3 Å². The molecule has 2 N–H and O–H groups in total. The number of ether oxygens (including phenoxy) is 1. The van der Waals surface area contributed by atoms with Crippen molar-refractivity contribution in [3.63, 3.8) is 0 Å². The third-order valence-electron chi connectivity index (χ3n) is 2.58. The highest BCUT2D eigenvalue weighted by molar-refractivity contribution is 6.32. The molecule has 0 saturated carbocycles. The van der Waals surface area contributed by atoms with E-state index >= 15 is 0 Å². The molecule has 0 aromatic heterocycles. The van der Waals surface area contributed by atoms with Gasteiger partial charge in [-0.2, -0.15) is 5.26 Å². The van der Waals surface area contributed by atoms with E-state index in [2.05, 4.69) is 10.6 Å². The summed E-state index contributed by atoms with van der Waals surface area (Å²) in [4.78, 5) is 11.8. The van der Waals surface area contributed by atoms with E-state index in [0.717, 1.165) is 6.54 Å². The summed E-state index contributed by atoms with van der Waals surface area (Å²) in [6, 6.07) is 6.71. The van der Waals surface area contributed by atoms with E-state index in [4.69, 9.17) is 21.6 Å². The van der Waals surface area contributed by atoms with Gasteiger partial charge in [0.05, 0.1) is 17.2 Å². The molecule has 18 heavy (non-hydrogen) atoms. The number of carbonyl (C=O) groups excluding carboxylic acids is 1. The van der Waals surface area contributed by atoms with Crippen molar-refractivity contribution in [1.29, 1.82) is 5.26 Å². The van der Waals surface area contributed by atoms with Crippen LogP contribution in [-0.2, 0) is 9.53 Å². The zero-order valence-corrected chi connectivity index (χ0v) is 10.3. The van der Waals surface area contributed by atoms with E-state index in [1.807, 2.05) is 6.07 Å².